The van der Waals surface area contributed by atoms with Crippen LogP contribution in [0.5, 0.6) is 0 Å². The predicted molar refractivity (Wildman–Crippen MR) is 102 cm³/mol. The standard InChI is InChI=1S/C20H14F3N5O2/c21-20(22,23)16-7-6-11(9-25-16)27-19(30)13-4-2-8-24-17(13)28-15-5-1-3-12-14(15)10-26-18(12)29/h1-9H,10H2,(H,24,28)(H,26,29)(H,27,30). The molecule has 10 heteroatoms. The molecule has 1 aliphatic rings. The van der Waals surface area contributed by atoms with E-state index in [9.17, 15) is 22.8 Å². The van der Waals surface area contributed by atoms with Gasteiger partial charge in [0.2, 0.25) is 0 Å². The molecule has 3 heterocycles. The van der Waals surface area contributed by atoms with Crippen molar-refractivity contribution < 1.29 is 22.8 Å². The summed E-state index contributed by atoms with van der Waals surface area (Å²) in [6.45, 7) is 0.350. The van der Waals surface area contributed by atoms with E-state index in [2.05, 4.69) is 25.9 Å². The van der Waals surface area contributed by atoms with Crippen LogP contribution in [-0.4, -0.2) is 21.8 Å². The highest BCUT2D eigenvalue weighted by molar-refractivity contribution is 6.08. The number of nitrogens with one attached hydrogen (secondary N) is 3. The second kappa shape index (κ2) is 7.47. The summed E-state index contributed by atoms with van der Waals surface area (Å²) in [5.74, 6) is -0.515. The zero-order chi connectivity index (χ0) is 21.3. The van der Waals surface area contributed by atoms with Crippen molar-refractivity contribution >= 4 is 29.0 Å². The van der Waals surface area contributed by atoms with Crippen LogP contribution in [0.3, 0.4) is 0 Å². The maximum Gasteiger partial charge on any atom is 0.433 e. The molecule has 1 aromatic carbocycles. The lowest BCUT2D eigenvalue weighted by Crippen LogP contribution is -2.16. The second-order valence-corrected chi connectivity index (χ2v) is 6.42. The number of halogens is 3. The molecule has 3 N–H and O–H groups in total. The Morgan fingerprint density at radius 2 is 1.90 bits per heavy atom. The van der Waals surface area contributed by atoms with Crippen molar-refractivity contribution in [3.8, 4) is 0 Å². The van der Waals surface area contributed by atoms with E-state index >= 15 is 0 Å². The van der Waals surface area contributed by atoms with Gasteiger partial charge in [-0.1, -0.05) is 6.07 Å². The minimum absolute atomic E-state index is 0.109. The van der Waals surface area contributed by atoms with E-state index in [-0.39, 0.29) is 23.0 Å². The zero-order valence-corrected chi connectivity index (χ0v) is 15.2. The third-order valence-corrected chi connectivity index (χ3v) is 4.46. The SMILES string of the molecule is O=C(Nc1ccc(C(F)(F)F)nc1)c1cccnc1Nc1cccc2c1CNC2=O. The molecule has 4 rings (SSSR count). The maximum atomic E-state index is 12.7. The summed E-state index contributed by atoms with van der Waals surface area (Å²) in [6.07, 6.45) is -2.13. The molecule has 2 amide bonds. The zero-order valence-electron chi connectivity index (χ0n) is 15.2. The molecule has 0 saturated heterocycles. The summed E-state index contributed by atoms with van der Waals surface area (Å²) in [5, 5.41) is 8.30. The number of pyridine rings is 2. The van der Waals surface area contributed by atoms with Crippen molar-refractivity contribution in [2.45, 2.75) is 12.7 Å². The fourth-order valence-electron chi connectivity index (χ4n) is 3.02. The number of aromatic nitrogens is 2. The van der Waals surface area contributed by atoms with Crippen LogP contribution in [0.15, 0.2) is 54.9 Å². The molecule has 2 aromatic heterocycles. The molecule has 0 unspecified atom stereocenters. The summed E-state index contributed by atoms with van der Waals surface area (Å²) in [6, 6.07) is 10.2. The van der Waals surface area contributed by atoms with Crippen LogP contribution in [0.1, 0.15) is 32.0 Å². The number of nitrogens with zero attached hydrogens (tertiary/aromatic N) is 2. The first-order valence-corrected chi connectivity index (χ1v) is 8.79. The molecule has 30 heavy (non-hydrogen) atoms. The van der Waals surface area contributed by atoms with E-state index in [1.54, 1.807) is 24.3 Å². The maximum absolute atomic E-state index is 12.7. The fourth-order valence-corrected chi connectivity index (χ4v) is 3.02. The Bertz CT molecular complexity index is 1130. The van der Waals surface area contributed by atoms with Gasteiger partial charge in [0.1, 0.15) is 11.5 Å². The summed E-state index contributed by atoms with van der Waals surface area (Å²) in [4.78, 5) is 32.0. The van der Waals surface area contributed by atoms with E-state index in [4.69, 9.17) is 0 Å². The number of alkyl halides is 3. The summed E-state index contributed by atoms with van der Waals surface area (Å²) in [5.41, 5.74) is 1.15. The van der Waals surface area contributed by atoms with E-state index in [0.29, 0.717) is 17.8 Å². The highest BCUT2D eigenvalue weighted by Gasteiger charge is 2.32. The van der Waals surface area contributed by atoms with Gasteiger partial charge in [0.25, 0.3) is 11.8 Å². The number of anilines is 3. The summed E-state index contributed by atoms with van der Waals surface area (Å²) in [7, 11) is 0. The molecular weight excluding hydrogens is 399 g/mol. The lowest BCUT2D eigenvalue weighted by atomic mass is 10.1. The number of fused-ring (bicyclic) bond motifs is 1. The normalized spacial score (nSPS) is 12.8. The van der Waals surface area contributed by atoms with Crippen molar-refractivity contribution in [3.05, 3.63) is 77.2 Å². The average molecular weight is 413 g/mol. The van der Waals surface area contributed by atoms with Gasteiger partial charge in [-0.15, -0.1) is 0 Å². The molecule has 0 atom stereocenters. The highest BCUT2D eigenvalue weighted by Crippen LogP contribution is 2.29. The van der Waals surface area contributed by atoms with Gasteiger partial charge in [-0.3, -0.25) is 9.59 Å². The molecule has 0 bridgehead atoms. The first-order valence-electron chi connectivity index (χ1n) is 8.79. The smallest absolute Gasteiger partial charge is 0.348 e. The van der Waals surface area contributed by atoms with Crippen molar-refractivity contribution in [3.63, 3.8) is 0 Å². The van der Waals surface area contributed by atoms with Crippen molar-refractivity contribution in [1.29, 1.82) is 0 Å². The molecule has 0 radical (unpaired) electrons. The molecule has 0 saturated carbocycles. The monoisotopic (exact) mass is 413 g/mol. The topological polar surface area (TPSA) is 96.0 Å². The molecule has 152 valence electrons. The highest BCUT2D eigenvalue weighted by atomic mass is 19.4. The van der Waals surface area contributed by atoms with Crippen LogP contribution in [0.4, 0.5) is 30.4 Å². The number of carbonyl (C=O) groups is 2. The lowest BCUT2D eigenvalue weighted by molar-refractivity contribution is -0.141. The van der Waals surface area contributed by atoms with Gasteiger partial charge >= 0.3 is 6.18 Å². The first kappa shape index (κ1) is 19.4. The number of rotatable bonds is 4. The Morgan fingerprint density at radius 1 is 1.07 bits per heavy atom. The van der Waals surface area contributed by atoms with Gasteiger partial charge in [-0.2, -0.15) is 13.2 Å². The Morgan fingerprint density at radius 3 is 2.63 bits per heavy atom. The minimum atomic E-state index is -4.56. The van der Waals surface area contributed by atoms with Crippen molar-refractivity contribution in [2.24, 2.45) is 0 Å². The summed E-state index contributed by atoms with van der Waals surface area (Å²) >= 11 is 0. The van der Waals surface area contributed by atoms with Gasteiger partial charge in [-0.05, 0) is 36.4 Å². The molecule has 1 aliphatic heterocycles. The summed E-state index contributed by atoms with van der Waals surface area (Å²) < 4.78 is 37.9. The van der Waals surface area contributed by atoms with Gasteiger partial charge in [0, 0.05) is 29.6 Å². The third kappa shape index (κ3) is 3.79. The first-order chi connectivity index (χ1) is 14.3. The van der Waals surface area contributed by atoms with Crippen LogP contribution in [0.25, 0.3) is 0 Å². The third-order valence-electron chi connectivity index (χ3n) is 4.46. The number of hydrogen-bond acceptors (Lipinski definition) is 5. The second-order valence-electron chi connectivity index (χ2n) is 6.42. The van der Waals surface area contributed by atoms with Crippen LogP contribution in [-0.2, 0) is 12.7 Å². The Kier molecular flexibility index (Phi) is 4.82. The lowest BCUT2D eigenvalue weighted by Gasteiger charge is -2.13. The number of hydrogen-bond donors (Lipinski definition) is 3. The molecule has 0 aliphatic carbocycles. The van der Waals surface area contributed by atoms with Gasteiger partial charge in [0.05, 0.1) is 17.4 Å². The van der Waals surface area contributed by atoms with Gasteiger partial charge in [-0.25, -0.2) is 9.97 Å². The molecule has 3 aromatic rings. The van der Waals surface area contributed by atoms with E-state index in [1.807, 2.05) is 0 Å². The van der Waals surface area contributed by atoms with Crippen molar-refractivity contribution in [1.82, 2.24) is 15.3 Å². The Balaban J connectivity index is 1.57. The van der Waals surface area contributed by atoms with Crippen LogP contribution >= 0.6 is 0 Å². The van der Waals surface area contributed by atoms with Crippen LogP contribution in [0, 0.1) is 0 Å². The van der Waals surface area contributed by atoms with E-state index in [0.717, 1.165) is 23.9 Å². The molecular formula is C20H14F3N5O2. The molecule has 7 nitrogen and oxygen atoms in total. The van der Waals surface area contributed by atoms with Crippen LogP contribution < -0.4 is 16.0 Å². The van der Waals surface area contributed by atoms with Gasteiger partial charge in [0.15, 0.2) is 0 Å². The number of carbonyl (C=O) groups excluding carboxylic acids is 2. The molecule has 0 fully saturated rings. The number of benzene rings is 1. The minimum Gasteiger partial charge on any atom is -0.348 e. The predicted octanol–water partition coefficient (Wildman–Crippen LogP) is 3.73. The van der Waals surface area contributed by atoms with E-state index in [1.165, 1.54) is 12.3 Å². The molecule has 0 spiro atoms. The largest absolute Gasteiger partial charge is 0.433 e. The van der Waals surface area contributed by atoms with Crippen LogP contribution in [0.2, 0.25) is 0 Å². The quantitative estimate of drug-likeness (QED) is 0.606. The Hall–Kier alpha value is -3.95. The van der Waals surface area contributed by atoms with Crippen molar-refractivity contribution in [2.75, 3.05) is 10.6 Å². The Labute approximate surface area is 168 Å². The number of amides is 2. The van der Waals surface area contributed by atoms with Gasteiger partial charge < -0.3 is 16.0 Å². The fraction of sp³-hybridized carbons (Fsp3) is 0.100. The van der Waals surface area contributed by atoms with E-state index < -0.39 is 17.8 Å². The average Bonchev–Trinajstić information content (AvgIpc) is 3.10.